The normalized spacial score (nSPS) is 22.6. The molecular weight excluding hydrogens is 382 g/mol. The van der Waals surface area contributed by atoms with Gasteiger partial charge in [0.2, 0.25) is 11.8 Å². The van der Waals surface area contributed by atoms with Crippen LogP contribution in [0.15, 0.2) is 24.3 Å². The number of nitrogens with two attached hydrogens (primary N) is 1. The van der Waals surface area contributed by atoms with Crippen molar-refractivity contribution in [3.8, 4) is 0 Å². The maximum atomic E-state index is 12.6. The second kappa shape index (κ2) is 10.1. The SMILES string of the molecule is CN(C(=O)[C@@H](N)C1CCC(NC(=O)Cc2ccccc2CC(=O)O)CC1)C1CCC1. The first-order valence-corrected chi connectivity index (χ1v) is 11.0. The molecule has 0 aromatic heterocycles. The Morgan fingerprint density at radius 2 is 1.67 bits per heavy atom. The van der Waals surface area contributed by atoms with Crippen LogP contribution in [0.25, 0.3) is 0 Å². The summed E-state index contributed by atoms with van der Waals surface area (Å²) in [7, 11) is 1.86. The highest BCUT2D eigenvalue weighted by molar-refractivity contribution is 5.82. The Balaban J connectivity index is 1.46. The Kier molecular flexibility index (Phi) is 7.48. The highest BCUT2D eigenvalue weighted by Crippen LogP contribution is 2.29. The molecule has 1 atom stereocenters. The zero-order valence-corrected chi connectivity index (χ0v) is 17.7. The lowest BCUT2D eigenvalue weighted by atomic mass is 9.80. The Morgan fingerprint density at radius 3 is 2.20 bits per heavy atom. The van der Waals surface area contributed by atoms with Gasteiger partial charge >= 0.3 is 5.97 Å². The lowest BCUT2D eigenvalue weighted by molar-refractivity contribution is -0.137. The summed E-state index contributed by atoms with van der Waals surface area (Å²) in [6.45, 7) is 0. The van der Waals surface area contributed by atoms with Crippen molar-refractivity contribution in [3.63, 3.8) is 0 Å². The molecule has 2 fully saturated rings. The standard InChI is InChI=1S/C23H33N3O4/c1-26(19-7-4-8-19)23(30)22(24)15-9-11-18(12-10-15)25-20(27)13-16-5-2-3-6-17(16)14-21(28)29/h2-3,5-6,15,18-19,22H,4,7-14,24H2,1H3,(H,25,27)(H,28,29)/t15?,18?,22-/m0/s1. The van der Waals surface area contributed by atoms with E-state index >= 15 is 0 Å². The number of nitrogens with zero attached hydrogens (tertiary/aromatic N) is 1. The van der Waals surface area contributed by atoms with Crippen LogP contribution in [-0.4, -0.2) is 53.0 Å². The van der Waals surface area contributed by atoms with Gasteiger partial charge in [-0.05, 0) is 62.0 Å². The van der Waals surface area contributed by atoms with Gasteiger partial charge in [0.1, 0.15) is 0 Å². The lowest BCUT2D eigenvalue weighted by Gasteiger charge is -2.39. The molecule has 0 bridgehead atoms. The fourth-order valence-corrected chi connectivity index (χ4v) is 4.53. The van der Waals surface area contributed by atoms with E-state index in [0.717, 1.165) is 44.1 Å². The quantitative estimate of drug-likeness (QED) is 0.600. The van der Waals surface area contributed by atoms with Crippen LogP contribution < -0.4 is 11.1 Å². The van der Waals surface area contributed by atoms with Crippen molar-refractivity contribution in [2.24, 2.45) is 11.7 Å². The average molecular weight is 416 g/mol. The number of rotatable bonds is 8. The molecule has 1 aromatic carbocycles. The predicted molar refractivity (Wildman–Crippen MR) is 114 cm³/mol. The van der Waals surface area contributed by atoms with E-state index in [0.29, 0.717) is 11.6 Å². The minimum Gasteiger partial charge on any atom is -0.481 e. The van der Waals surface area contributed by atoms with Crippen molar-refractivity contribution in [2.45, 2.75) is 75.9 Å². The third kappa shape index (κ3) is 5.59. The molecule has 7 nitrogen and oxygen atoms in total. The van der Waals surface area contributed by atoms with Gasteiger partial charge < -0.3 is 21.1 Å². The number of carboxylic acids is 1. The molecule has 3 rings (SSSR count). The van der Waals surface area contributed by atoms with E-state index in [1.165, 1.54) is 6.42 Å². The van der Waals surface area contributed by atoms with Crippen LogP contribution in [0.2, 0.25) is 0 Å². The van der Waals surface area contributed by atoms with E-state index < -0.39 is 12.0 Å². The number of amides is 2. The summed E-state index contributed by atoms with van der Waals surface area (Å²) in [5.74, 6) is -0.803. The number of carboxylic acid groups (broad SMARTS) is 1. The van der Waals surface area contributed by atoms with Crippen LogP contribution in [0.5, 0.6) is 0 Å². The van der Waals surface area contributed by atoms with E-state index in [1.54, 1.807) is 18.2 Å². The van der Waals surface area contributed by atoms with Gasteiger partial charge in [-0.1, -0.05) is 24.3 Å². The third-order valence-corrected chi connectivity index (χ3v) is 6.71. The van der Waals surface area contributed by atoms with Crippen molar-refractivity contribution in [3.05, 3.63) is 35.4 Å². The van der Waals surface area contributed by atoms with Gasteiger partial charge in [-0.2, -0.15) is 0 Å². The summed E-state index contributed by atoms with van der Waals surface area (Å²) >= 11 is 0. The molecule has 0 saturated heterocycles. The third-order valence-electron chi connectivity index (χ3n) is 6.71. The summed E-state index contributed by atoms with van der Waals surface area (Å²) in [5.41, 5.74) is 7.71. The number of hydrogen-bond acceptors (Lipinski definition) is 4. The van der Waals surface area contributed by atoms with E-state index in [1.807, 2.05) is 18.0 Å². The van der Waals surface area contributed by atoms with Gasteiger partial charge in [-0.25, -0.2) is 0 Å². The van der Waals surface area contributed by atoms with Crippen LogP contribution >= 0.6 is 0 Å². The molecule has 2 aliphatic carbocycles. The number of aliphatic carboxylic acids is 1. The lowest BCUT2D eigenvalue weighted by Crippen LogP contribution is -2.52. The first kappa shape index (κ1) is 22.3. The number of nitrogens with one attached hydrogen (secondary N) is 1. The molecule has 7 heteroatoms. The smallest absolute Gasteiger partial charge is 0.307 e. The Morgan fingerprint density at radius 1 is 1.07 bits per heavy atom. The van der Waals surface area contributed by atoms with Gasteiger partial charge in [0.25, 0.3) is 0 Å². The molecule has 2 saturated carbocycles. The van der Waals surface area contributed by atoms with Crippen LogP contribution in [0.3, 0.4) is 0 Å². The van der Waals surface area contributed by atoms with Crippen molar-refractivity contribution < 1.29 is 19.5 Å². The topological polar surface area (TPSA) is 113 Å². The number of benzene rings is 1. The minimum absolute atomic E-state index is 0.0437. The van der Waals surface area contributed by atoms with E-state index in [-0.39, 0.29) is 36.6 Å². The second-order valence-electron chi connectivity index (χ2n) is 8.75. The van der Waals surface area contributed by atoms with Crippen LogP contribution in [0.4, 0.5) is 0 Å². The van der Waals surface area contributed by atoms with Gasteiger partial charge in [0, 0.05) is 19.1 Å². The summed E-state index contributed by atoms with van der Waals surface area (Å²) in [5, 5.41) is 12.1. The summed E-state index contributed by atoms with van der Waals surface area (Å²) in [4.78, 5) is 38.0. The summed E-state index contributed by atoms with van der Waals surface area (Å²) < 4.78 is 0. The van der Waals surface area contributed by atoms with E-state index in [9.17, 15) is 14.4 Å². The predicted octanol–water partition coefficient (Wildman–Crippen LogP) is 1.87. The van der Waals surface area contributed by atoms with Crippen molar-refractivity contribution >= 4 is 17.8 Å². The van der Waals surface area contributed by atoms with E-state index in [2.05, 4.69) is 5.32 Å². The summed E-state index contributed by atoms with van der Waals surface area (Å²) in [6.07, 6.45) is 6.68. The summed E-state index contributed by atoms with van der Waals surface area (Å²) in [6, 6.07) is 7.12. The zero-order valence-electron chi connectivity index (χ0n) is 17.7. The molecule has 30 heavy (non-hydrogen) atoms. The van der Waals surface area contributed by atoms with Crippen LogP contribution in [0.1, 0.15) is 56.1 Å². The first-order valence-electron chi connectivity index (χ1n) is 11.0. The fourth-order valence-electron chi connectivity index (χ4n) is 4.53. The molecule has 0 unspecified atom stereocenters. The Bertz CT molecular complexity index is 769. The van der Waals surface area contributed by atoms with Crippen molar-refractivity contribution in [1.82, 2.24) is 10.2 Å². The molecule has 0 aliphatic heterocycles. The highest BCUT2D eigenvalue weighted by atomic mass is 16.4. The number of carbonyl (C=O) groups excluding carboxylic acids is 2. The number of likely N-dealkylation sites (N-methyl/N-ethyl adjacent to an activating group) is 1. The minimum atomic E-state index is -0.907. The molecule has 4 N–H and O–H groups in total. The van der Waals surface area contributed by atoms with Gasteiger partial charge in [0.05, 0.1) is 18.9 Å². The van der Waals surface area contributed by atoms with Gasteiger partial charge in [-0.3, -0.25) is 14.4 Å². The molecule has 164 valence electrons. The molecule has 1 aromatic rings. The highest BCUT2D eigenvalue weighted by Gasteiger charge is 2.34. The Labute approximate surface area is 178 Å². The van der Waals surface area contributed by atoms with Gasteiger partial charge in [0.15, 0.2) is 0 Å². The molecule has 2 amide bonds. The molecule has 2 aliphatic rings. The second-order valence-corrected chi connectivity index (χ2v) is 8.75. The maximum Gasteiger partial charge on any atom is 0.307 e. The zero-order chi connectivity index (χ0) is 21.7. The molecule has 0 heterocycles. The molecule has 0 spiro atoms. The van der Waals surface area contributed by atoms with Crippen LogP contribution in [0, 0.1) is 5.92 Å². The largest absolute Gasteiger partial charge is 0.481 e. The number of carbonyl (C=O) groups is 3. The average Bonchev–Trinajstić information content (AvgIpc) is 2.67. The van der Waals surface area contributed by atoms with Gasteiger partial charge in [-0.15, -0.1) is 0 Å². The van der Waals surface area contributed by atoms with Crippen molar-refractivity contribution in [2.75, 3.05) is 7.05 Å². The molecule has 0 radical (unpaired) electrons. The fraction of sp³-hybridized carbons (Fsp3) is 0.609. The molecular formula is C23H33N3O4. The first-order chi connectivity index (χ1) is 14.3. The van der Waals surface area contributed by atoms with Crippen LogP contribution in [-0.2, 0) is 27.2 Å². The Hall–Kier alpha value is -2.41. The van der Waals surface area contributed by atoms with Crippen molar-refractivity contribution in [1.29, 1.82) is 0 Å². The monoisotopic (exact) mass is 415 g/mol. The number of hydrogen-bond donors (Lipinski definition) is 3. The van der Waals surface area contributed by atoms with E-state index in [4.69, 9.17) is 10.8 Å². The maximum absolute atomic E-state index is 12.6.